The van der Waals surface area contributed by atoms with Crippen molar-refractivity contribution in [2.75, 3.05) is 44.7 Å². The monoisotopic (exact) mass is 277 g/mol. The minimum atomic E-state index is -0.0404. The lowest BCUT2D eigenvalue weighted by Gasteiger charge is -2.26. The summed E-state index contributed by atoms with van der Waals surface area (Å²) < 4.78 is 5.32. The Labute approximate surface area is 120 Å². The molecule has 5 nitrogen and oxygen atoms in total. The van der Waals surface area contributed by atoms with Crippen molar-refractivity contribution < 1.29 is 9.53 Å². The van der Waals surface area contributed by atoms with Crippen molar-refractivity contribution in [2.24, 2.45) is 0 Å². The number of hydrogen-bond donors (Lipinski definition) is 2. The molecule has 0 atom stereocenters. The Kier molecular flexibility index (Phi) is 5.98. The Hall–Kier alpha value is -1.43. The van der Waals surface area contributed by atoms with Crippen LogP contribution in [-0.2, 0) is 16.1 Å². The van der Waals surface area contributed by atoms with E-state index < -0.39 is 0 Å². The number of nitrogens with zero attached hydrogens (tertiary/aromatic N) is 1. The zero-order chi connectivity index (χ0) is 14.2. The van der Waals surface area contributed by atoms with Crippen molar-refractivity contribution >= 4 is 11.6 Å². The van der Waals surface area contributed by atoms with Gasteiger partial charge in [0.2, 0.25) is 5.91 Å². The van der Waals surface area contributed by atoms with Crippen LogP contribution < -0.4 is 10.6 Å². The molecule has 0 spiro atoms. The van der Waals surface area contributed by atoms with Gasteiger partial charge in [0.25, 0.3) is 0 Å². The molecule has 0 unspecified atom stereocenters. The van der Waals surface area contributed by atoms with Gasteiger partial charge in [-0.15, -0.1) is 0 Å². The van der Waals surface area contributed by atoms with E-state index in [0.717, 1.165) is 51.6 Å². The van der Waals surface area contributed by atoms with E-state index in [2.05, 4.69) is 15.5 Å². The second kappa shape index (κ2) is 7.99. The van der Waals surface area contributed by atoms with E-state index in [1.807, 2.05) is 24.3 Å². The molecule has 0 saturated carbocycles. The SMILES string of the molecule is CC(=O)Nc1ccc(CNCCN2CCOCC2)cc1. The second-order valence-corrected chi connectivity index (χ2v) is 5.01. The van der Waals surface area contributed by atoms with Crippen LogP contribution in [0.5, 0.6) is 0 Å². The fourth-order valence-corrected chi connectivity index (χ4v) is 2.20. The molecular weight excluding hydrogens is 254 g/mol. The summed E-state index contributed by atoms with van der Waals surface area (Å²) in [6.45, 7) is 8.18. The summed E-state index contributed by atoms with van der Waals surface area (Å²) in [5.74, 6) is -0.0404. The molecule has 2 rings (SSSR count). The van der Waals surface area contributed by atoms with Crippen molar-refractivity contribution in [3.05, 3.63) is 29.8 Å². The number of hydrogen-bond acceptors (Lipinski definition) is 4. The topological polar surface area (TPSA) is 53.6 Å². The van der Waals surface area contributed by atoms with Gasteiger partial charge >= 0.3 is 0 Å². The third kappa shape index (κ3) is 5.28. The molecule has 1 aliphatic heterocycles. The molecule has 1 aliphatic rings. The Morgan fingerprint density at radius 3 is 2.60 bits per heavy atom. The third-order valence-corrected chi connectivity index (χ3v) is 3.31. The van der Waals surface area contributed by atoms with Crippen LogP contribution >= 0.6 is 0 Å². The first kappa shape index (κ1) is 15.0. The van der Waals surface area contributed by atoms with E-state index in [1.165, 1.54) is 12.5 Å². The largest absolute Gasteiger partial charge is 0.379 e. The fourth-order valence-electron chi connectivity index (χ4n) is 2.20. The molecule has 1 heterocycles. The molecule has 1 saturated heterocycles. The number of amides is 1. The third-order valence-electron chi connectivity index (χ3n) is 3.31. The highest BCUT2D eigenvalue weighted by Gasteiger charge is 2.08. The van der Waals surface area contributed by atoms with Crippen LogP contribution in [0.3, 0.4) is 0 Å². The van der Waals surface area contributed by atoms with Gasteiger partial charge in [0.1, 0.15) is 0 Å². The van der Waals surface area contributed by atoms with Gasteiger partial charge in [0, 0.05) is 45.3 Å². The van der Waals surface area contributed by atoms with Crippen LogP contribution in [0.1, 0.15) is 12.5 Å². The second-order valence-electron chi connectivity index (χ2n) is 5.01. The summed E-state index contributed by atoms with van der Waals surface area (Å²) in [6.07, 6.45) is 0. The van der Waals surface area contributed by atoms with Gasteiger partial charge < -0.3 is 15.4 Å². The zero-order valence-corrected chi connectivity index (χ0v) is 12.0. The zero-order valence-electron chi connectivity index (χ0n) is 12.0. The summed E-state index contributed by atoms with van der Waals surface area (Å²) in [5, 5.41) is 6.20. The summed E-state index contributed by atoms with van der Waals surface area (Å²) in [4.78, 5) is 13.3. The minimum absolute atomic E-state index is 0.0404. The summed E-state index contributed by atoms with van der Waals surface area (Å²) in [5.41, 5.74) is 2.07. The number of morpholine rings is 1. The van der Waals surface area contributed by atoms with E-state index in [0.29, 0.717) is 0 Å². The van der Waals surface area contributed by atoms with Gasteiger partial charge in [-0.1, -0.05) is 12.1 Å². The quantitative estimate of drug-likeness (QED) is 0.764. The van der Waals surface area contributed by atoms with Crippen molar-refractivity contribution in [1.82, 2.24) is 10.2 Å². The molecule has 5 heteroatoms. The van der Waals surface area contributed by atoms with E-state index in [4.69, 9.17) is 4.74 Å². The van der Waals surface area contributed by atoms with Crippen LogP contribution in [0.4, 0.5) is 5.69 Å². The van der Waals surface area contributed by atoms with Crippen molar-refractivity contribution in [1.29, 1.82) is 0 Å². The van der Waals surface area contributed by atoms with Gasteiger partial charge in [-0.2, -0.15) is 0 Å². The van der Waals surface area contributed by atoms with E-state index in [1.54, 1.807) is 0 Å². The molecule has 20 heavy (non-hydrogen) atoms. The molecular formula is C15H23N3O2. The van der Waals surface area contributed by atoms with Crippen LogP contribution in [0.25, 0.3) is 0 Å². The Morgan fingerprint density at radius 1 is 1.25 bits per heavy atom. The molecule has 1 amide bonds. The van der Waals surface area contributed by atoms with Gasteiger partial charge in [-0.25, -0.2) is 0 Å². The van der Waals surface area contributed by atoms with Crippen molar-refractivity contribution in [2.45, 2.75) is 13.5 Å². The number of carbonyl (C=O) groups is 1. The molecule has 1 aromatic rings. The Balaban J connectivity index is 1.64. The van der Waals surface area contributed by atoms with Gasteiger partial charge in [0.05, 0.1) is 13.2 Å². The number of nitrogens with one attached hydrogen (secondary N) is 2. The normalized spacial score (nSPS) is 16.1. The van der Waals surface area contributed by atoms with Gasteiger partial charge in [-0.3, -0.25) is 9.69 Å². The lowest BCUT2D eigenvalue weighted by atomic mass is 10.2. The van der Waals surface area contributed by atoms with Crippen LogP contribution in [-0.4, -0.2) is 50.2 Å². The Bertz CT molecular complexity index is 414. The van der Waals surface area contributed by atoms with Crippen LogP contribution in [0.2, 0.25) is 0 Å². The lowest BCUT2D eigenvalue weighted by Crippen LogP contribution is -2.40. The van der Waals surface area contributed by atoms with Crippen LogP contribution in [0.15, 0.2) is 24.3 Å². The molecule has 1 fully saturated rings. The van der Waals surface area contributed by atoms with E-state index in [9.17, 15) is 4.79 Å². The molecule has 0 bridgehead atoms. The van der Waals surface area contributed by atoms with Gasteiger partial charge in [-0.05, 0) is 17.7 Å². The lowest BCUT2D eigenvalue weighted by molar-refractivity contribution is -0.114. The molecule has 0 aromatic heterocycles. The number of anilines is 1. The van der Waals surface area contributed by atoms with Crippen molar-refractivity contribution in [3.8, 4) is 0 Å². The first-order valence-corrected chi connectivity index (χ1v) is 7.11. The smallest absolute Gasteiger partial charge is 0.221 e. The number of rotatable bonds is 6. The predicted molar refractivity (Wildman–Crippen MR) is 79.7 cm³/mol. The molecule has 0 radical (unpaired) electrons. The van der Waals surface area contributed by atoms with Crippen LogP contribution in [0, 0.1) is 0 Å². The fraction of sp³-hybridized carbons (Fsp3) is 0.533. The van der Waals surface area contributed by atoms with Crippen molar-refractivity contribution in [3.63, 3.8) is 0 Å². The summed E-state index contributed by atoms with van der Waals surface area (Å²) in [6, 6.07) is 7.93. The maximum Gasteiger partial charge on any atom is 0.221 e. The average Bonchev–Trinajstić information content (AvgIpc) is 2.46. The maximum absolute atomic E-state index is 10.9. The number of ether oxygens (including phenoxy) is 1. The first-order valence-electron chi connectivity index (χ1n) is 7.11. The number of carbonyl (C=O) groups excluding carboxylic acids is 1. The number of benzene rings is 1. The Morgan fingerprint density at radius 2 is 1.95 bits per heavy atom. The maximum atomic E-state index is 10.9. The minimum Gasteiger partial charge on any atom is -0.379 e. The molecule has 0 aliphatic carbocycles. The predicted octanol–water partition coefficient (Wildman–Crippen LogP) is 1.07. The standard InChI is InChI=1S/C15H23N3O2/c1-13(19)17-15-4-2-14(3-5-15)12-16-6-7-18-8-10-20-11-9-18/h2-5,16H,6-12H2,1H3,(H,17,19). The average molecular weight is 277 g/mol. The highest BCUT2D eigenvalue weighted by Crippen LogP contribution is 2.09. The molecule has 110 valence electrons. The van der Waals surface area contributed by atoms with Gasteiger partial charge in [0.15, 0.2) is 0 Å². The highest BCUT2D eigenvalue weighted by molar-refractivity contribution is 5.88. The summed E-state index contributed by atoms with van der Waals surface area (Å²) >= 11 is 0. The molecule has 1 aromatic carbocycles. The summed E-state index contributed by atoms with van der Waals surface area (Å²) in [7, 11) is 0. The first-order chi connectivity index (χ1) is 9.74. The van der Waals surface area contributed by atoms with E-state index >= 15 is 0 Å². The molecule has 2 N–H and O–H groups in total. The highest BCUT2D eigenvalue weighted by atomic mass is 16.5. The van der Waals surface area contributed by atoms with E-state index in [-0.39, 0.29) is 5.91 Å².